The second kappa shape index (κ2) is 6.75. The quantitative estimate of drug-likeness (QED) is 0.631. The molecule has 0 radical (unpaired) electrons. The van der Waals surface area contributed by atoms with Gasteiger partial charge in [0, 0.05) is 0 Å². The van der Waals surface area contributed by atoms with Crippen LogP contribution in [0.3, 0.4) is 0 Å². The van der Waals surface area contributed by atoms with E-state index < -0.39 is 0 Å². The molecule has 2 atom stereocenters. The van der Waals surface area contributed by atoms with Crippen molar-refractivity contribution in [2.24, 2.45) is 11.8 Å². The minimum absolute atomic E-state index is 0.981. The van der Waals surface area contributed by atoms with Crippen LogP contribution in [0.4, 0.5) is 0 Å². The average molecular weight is 200 g/mol. The molecule has 1 saturated carbocycles. The minimum atomic E-state index is 0.981. The number of rotatable bonds is 2. The highest BCUT2D eigenvalue weighted by Crippen LogP contribution is 2.26. The number of hydrogen-bond donors (Lipinski definition) is 1. The van der Waals surface area contributed by atoms with E-state index in [1.165, 1.54) is 51.4 Å². The summed E-state index contributed by atoms with van der Waals surface area (Å²) in [7, 11) is 0. The fourth-order valence-electron chi connectivity index (χ4n) is 2.44. The van der Waals surface area contributed by atoms with Gasteiger partial charge in [-0.25, -0.2) is 0 Å². The Morgan fingerprint density at radius 2 is 1.62 bits per heavy atom. The van der Waals surface area contributed by atoms with Crippen molar-refractivity contribution in [3.05, 3.63) is 0 Å². The summed E-state index contributed by atoms with van der Waals surface area (Å²) >= 11 is 4.34. The van der Waals surface area contributed by atoms with Crippen molar-refractivity contribution in [1.82, 2.24) is 0 Å². The lowest BCUT2D eigenvalue weighted by Crippen LogP contribution is -2.01. The molecule has 0 aliphatic heterocycles. The molecule has 0 spiro atoms. The molecule has 13 heavy (non-hydrogen) atoms. The van der Waals surface area contributed by atoms with Crippen molar-refractivity contribution < 1.29 is 0 Å². The molecular formula is C12H24S. The molecule has 1 heteroatoms. The van der Waals surface area contributed by atoms with Crippen molar-refractivity contribution in [1.29, 1.82) is 0 Å². The summed E-state index contributed by atoms with van der Waals surface area (Å²) in [6.45, 7) is 2.42. The molecule has 0 heterocycles. The first-order valence-corrected chi connectivity index (χ1v) is 6.57. The van der Waals surface area contributed by atoms with Gasteiger partial charge in [-0.2, -0.15) is 12.6 Å². The minimum Gasteiger partial charge on any atom is -0.179 e. The Kier molecular flexibility index (Phi) is 5.93. The van der Waals surface area contributed by atoms with Gasteiger partial charge < -0.3 is 0 Å². The molecule has 1 rings (SSSR count). The third kappa shape index (κ3) is 4.95. The molecule has 2 unspecified atom stereocenters. The maximum absolute atomic E-state index is 4.34. The highest BCUT2D eigenvalue weighted by molar-refractivity contribution is 7.80. The zero-order chi connectivity index (χ0) is 9.52. The lowest BCUT2D eigenvalue weighted by atomic mass is 9.94. The van der Waals surface area contributed by atoms with E-state index in [4.69, 9.17) is 0 Å². The molecule has 0 bridgehead atoms. The lowest BCUT2D eigenvalue weighted by molar-refractivity contribution is 0.413. The topological polar surface area (TPSA) is 0 Å². The molecule has 1 fully saturated rings. The van der Waals surface area contributed by atoms with Gasteiger partial charge in [-0.15, -0.1) is 0 Å². The molecule has 0 aromatic heterocycles. The molecule has 0 saturated heterocycles. The van der Waals surface area contributed by atoms with Crippen LogP contribution in [0.25, 0.3) is 0 Å². The Morgan fingerprint density at radius 1 is 1.00 bits per heavy atom. The summed E-state index contributed by atoms with van der Waals surface area (Å²) in [6, 6.07) is 0. The Hall–Kier alpha value is 0.350. The smallest absolute Gasteiger partial charge is 0.00953 e. The van der Waals surface area contributed by atoms with Crippen LogP contribution in [-0.2, 0) is 0 Å². The predicted octanol–water partition coefficient (Wildman–Crippen LogP) is 4.30. The molecule has 1 aliphatic rings. The summed E-state index contributed by atoms with van der Waals surface area (Å²) < 4.78 is 0. The van der Waals surface area contributed by atoms with E-state index in [1.807, 2.05) is 0 Å². The Balaban J connectivity index is 2.25. The molecule has 78 valence electrons. The zero-order valence-electron chi connectivity index (χ0n) is 8.97. The summed E-state index contributed by atoms with van der Waals surface area (Å²) in [5.41, 5.74) is 0. The normalized spacial score (nSPS) is 31.8. The summed E-state index contributed by atoms with van der Waals surface area (Å²) in [5, 5.41) is 0. The van der Waals surface area contributed by atoms with Crippen molar-refractivity contribution in [3.63, 3.8) is 0 Å². The van der Waals surface area contributed by atoms with E-state index in [-0.39, 0.29) is 0 Å². The SMILES string of the molecule is CC1CCCCC(CCS)CCC1. The van der Waals surface area contributed by atoms with Gasteiger partial charge in [0.15, 0.2) is 0 Å². The fraction of sp³-hybridized carbons (Fsp3) is 1.00. The summed E-state index contributed by atoms with van der Waals surface area (Å²) in [6.07, 6.45) is 11.6. The highest BCUT2D eigenvalue weighted by Gasteiger charge is 2.12. The van der Waals surface area contributed by atoms with Gasteiger partial charge in [0.25, 0.3) is 0 Å². The third-order valence-electron chi connectivity index (χ3n) is 3.41. The second-order valence-electron chi connectivity index (χ2n) is 4.70. The van der Waals surface area contributed by atoms with E-state index in [0.29, 0.717) is 0 Å². The molecule has 0 aromatic carbocycles. The van der Waals surface area contributed by atoms with Crippen LogP contribution in [0.2, 0.25) is 0 Å². The van der Waals surface area contributed by atoms with Gasteiger partial charge in [0.2, 0.25) is 0 Å². The third-order valence-corrected chi connectivity index (χ3v) is 3.66. The zero-order valence-corrected chi connectivity index (χ0v) is 9.86. The maximum atomic E-state index is 4.34. The molecule has 0 nitrogen and oxygen atoms in total. The van der Waals surface area contributed by atoms with Gasteiger partial charge in [-0.3, -0.25) is 0 Å². The number of hydrogen-bond acceptors (Lipinski definition) is 1. The Morgan fingerprint density at radius 3 is 2.38 bits per heavy atom. The first kappa shape index (κ1) is 11.4. The van der Waals surface area contributed by atoms with Crippen LogP contribution >= 0.6 is 12.6 Å². The van der Waals surface area contributed by atoms with E-state index in [1.54, 1.807) is 0 Å². The first-order chi connectivity index (χ1) is 6.33. The van der Waals surface area contributed by atoms with Crippen LogP contribution in [-0.4, -0.2) is 5.75 Å². The van der Waals surface area contributed by atoms with Crippen LogP contribution in [0.1, 0.15) is 58.3 Å². The fourth-order valence-corrected chi connectivity index (χ4v) is 2.81. The monoisotopic (exact) mass is 200 g/mol. The van der Waals surface area contributed by atoms with Crippen LogP contribution in [0.15, 0.2) is 0 Å². The second-order valence-corrected chi connectivity index (χ2v) is 5.15. The standard InChI is InChI=1S/C12H24S/c1-11-5-2-3-7-12(9-10-13)8-4-6-11/h11-13H,2-10H2,1H3. The van der Waals surface area contributed by atoms with Crippen molar-refractivity contribution in [3.8, 4) is 0 Å². The van der Waals surface area contributed by atoms with Gasteiger partial charge in [0.1, 0.15) is 0 Å². The predicted molar refractivity (Wildman–Crippen MR) is 63.4 cm³/mol. The van der Waals surface area contributed by atoms with Gasteiger partial charge in [-0.05, 0) is 24.0 Å². The Bertz CT molecular complexity index is 122. The van der Waals surface area contributed by atoms with Crippen LogP contribution < -0.4 is 0 Å². The largest absolute Gasteiger partial charge is 0.179 e. The average Bonchev–Trinajstić information content (AvgIpc) is 2.20. The lowest BCUT2D eigenvalue weighted by Gasteiger charge is -2.13. The van der Waals surface area contributed by atoms with Crippen molar-refractivity contribution >= 4 is 12.6 Å². The molecule has 0 aromatic rings. The molecule has 1 aliphatic carbocycles. The van der Waals surface area contributed by atoms with E-state index >= 15 is 0 Å². The van der Waals surface area contributed by atoms with Gasteiger partial charge >= 0.3 is 0 Å². The summed E-state index contributed by atoms with van der Waals surface area (Å²) in [4.78, 5) is 0. The first-order valence-electron chi connectivity index (χ1n) is 5.93. The van der Waals surface area contributed by atoms with Gasteiger partial charge in [0.05, 0.1) is 0 Å². The molecule has 0 N–H and O–H groups in total. The van der Waals surface area contributed by atoms with Crippen molar-refractivity contribution in [2.45, 2.75) is 58.3 Å². The highest BCUT2D eigenvalue weighted by atomic mass is 32.1. The maximum Gasteiger partial charge on any atom is -0.00953 e. The van der Waals surface area contributed by atoms with E-state index in [2.05, 4.69) is 19.6 Å². The molecular weight excluding hydrogens is 176 g/mol. The van der Waals surface area contributed by atoms with Crippen LogP contribution in [0.5, 0.6) is 0 Å². The molecule has 0 amide bonds. The summed E-state index contributed by atoms with van der Waals surface area (Å²) in [5.74, 6) is 3.05. The van der Waals surface area contributed by atoms with Crippen LogP contribution in [0, 0.1) is 11.8 Å². The Labute approximate surface area is 88.9 Å². The van der Waals surface area contributed by atoms with Crippen molar-refractivity contribution in [2.75, 3.05) is 5.75 Å². The van der Waals surface area contributed by atoms with E-state index in [9.17, 15) is 0 Å². The van der Waals surface area contributed by atoms with E-state index in [0.717, 1.165) is 17.6 Å². The van der Waals surface area contributed by atoms with Gasteiger partial charge in [-0.1, -0.05) is 51.9 Å². The number of thiol groups is 1.